The largest absolute Gasteiger partial charge is 0.242 e. The molecule has 0 aromatic carbocycles. The van der Waals surface area contributed by atoms with E-state index in [1.54, 1.807) is 13.8 Å². The normalized spacial score (nSPS) is 33.2. The molecule has 1 aliphatic rings. The molecule has 0 aromatic rings. The van der Waals surface area contributed by atoms with Crippen molar-refractivity contribution in [2.24, 2.45) is 5.92 Å². The summed E-state index contributed by atoms with van der Waals surface area (Å²) in [4.78, 5) is 0. The molecular weight excluding hydrogens is 134 g/mol. The average molecular weight is 144 g/mol. The van der Waals surface area contributed by atoms with Gasteiger partial charge in [-0.1, -0.05) is 6.92 Å². The summed E-state index contributed by atoms with van der Waals surface area (Å²) in [5, 5.41) is 0. The molecule has 1 aliphatic carbocycles. The molecular formula is C8H10F2. The van der Waals surface area contributed by atoms with E-state index in [0.717, 1.165) is 0 Å². The number of rotatable bonds is 0. The summed E-state index contributed by atoms with van der Waals surface area (Å²) in [5.74, 6) is -0.948. The number of alkyl halides is 1. The van der Waals surface area contributed by atoms with E-state index >= 15 is 0 Å². The van der Waals surface area contributed by atoms with Crippen molar-refractivity contribution >= 4 is 0 Å². The van der Waals surface area contributed by atoms with Crippen LogP contribution in [0.15, 0.2) is 23.6 Å². The summed E-state index contributed by atoms with van der Waals surface area (Å²) in [7, 11) is 0. The topological polar surface area (TPSA) is 0 Å². The van der Waals surface area contributed by atoms with Gasteiger partial charge in [-0.15, -0.1) is 0 Å². The molecule has 0 spiro atoms. The zero-order chi connectivity index (χ0) is 7.72. The maximum Gasteiger partial charge on any atom is 0.128 e. The molecule has 0 N–H and O–H groups in total. The zero-order valence-electron chi connectivity index (χ0n) is 6.07. The quantitative estimate of drug-likeness (QED) is 0.490. The van der Waals surface area contributed by atoms with E-state index < -0.39 is 12.1 Å². The van der Waals surface area contributed by atoms with Gasteiger partial charge in [0.15, 0.2) is 0 Å². The Balaban J connectivity index is 2.85. The Labute approximate surface area is 59.2 Å². The molecule has 0 aliphatic heterocycles. The summed E-state index contributed by atoms with van der Waals surface area (Å²) < 4.78 is 25.4. The van der Waals surface area contributed by atoms with Crippen molar-refractivity contribution in [3.63, 3.8) is 0 Å². The van der Waals surface area contributed by atoms with E-state index in [2.05, 4.69) is 0 Å². The monoisotopic (exact) mass is 144 g/mol. The first-order valence-electron chi connectivity index (χ1n) is 3.31. The van der Waals surface area contributed by atoms with Gasteiger partial charge in [-0.3, -0.25) is 0 Å². The molecule has 0 saturated carbocycles. The molecule has 0 nitrogen and oxygen atoms in total. The van der Waals surface area contributed by atoms with Gasteiger partial charge in [-0.05, 0) is 24.6 Å². The van der Waals surface area contributed by atoms with Crippen LogP contribution in [0.25, 0.3) is 0 Å². The standard InChI is InChI=1S/C8H10F2/c1-5-3-7(9)6(2)8(10)4-5/h3-4,6-7H,1-2H3. The zero-order valence-corrected chi connectivity index (χ0v) is 6.07. The van der Waals surface area contributed by atoms with Crippen LogP contribution in [0.3, 0.4) is 0 Å². The smallest absolute Gasteiger partial charge is 0.128 e. The molecule has 0 fully saturated rings. The van der Waals surface area contributed by atoms with E-state index in [-0.39, 0.29) is 5.83 Å². The Bertz CT molecular complexity index is 191. The Hall–Kier alpha value is -0.660. The molecule has 0 bridgehead atoms. The van der Waals surface area contributed by atoms with Gasteiger partial charge in [0.1, 0.15) is 12.0 Å². The molecule has 2 unspecified atom stereocenters. The Morgan fingerprint density at radius 2 is 2.10 bits per heavy atom. The van der Waals surface area contributed by atoms with Gasteiger partial charge in [-0.2, -0.15) is 0 Å². The van der Waals surface area contributed by atoms with Crippen LogP contribution in [0.2, 0.25) is 0 Å². The highest BCUT2D eigenvalue weighted by Gasteiger charge is 2.21. The van der Waals surface area contributed by atoms with Gasteiger partial charge >= 0.3 is 0 Å². The van der Waals surface area contributed by atoms with E-state index in [1.165, 1.54) is 12.2 Å². The lowest BCUT2D eigenvalue weighted by Gasteiger charge is -2.16. The lowest BCUT2D eigenvalue weighted by atomic mass is 9.96. The molecule has 0 aromatic heterocycles. The predicted molar refractivity (Wildman–Crippen MR) is 37.0 cm³/mol. The van der Waals surface area contributed by atoms with Crippen LogP contribution in [0.1, 0.15) is 13.8 Å². The van der Waals surface area contributed by atoms with Crippen molar-refractivity contribution in [1.82, 2.24) is 0 Å². The van der Waals surface area contributed by atoms with E-state index in [4.69, 9.17) is 0 Å². The van der Waals surface area contributed by atoms with Crippen molar-refractivity contribution in [3.05, 3.63) is 23.6 Å². The van der Waals surface area contributed by atoms with Crippen LogP contribution in [0.5, 0.6) is 0 Å². The third-order valence-electron chi connectivity index (χ3n) is 1.70. The van der Waals surface area contributed by atoms with Crippen molar-refractivity contribution in [2.75, 3.05) is 0 Å². The molecule has 1 rings (SSSR count). The highest BCUT2D eigenvalue weighted by molar-refractivity contribution is 5.27. The van der Waals surface area contributed by atoms with Crippen LogP contribution in [-0.2, 0) is 0 Å². The first kappa shape index (κ1) is 7.45. The maximum atomic E-state index is 12.7. The second kappa shape index (κ2) is 2.52. The number of hydrogen-bond donors (Lipinski definition) is 0. The Morgan fingerprint density at radius 3 is 2.60 bits per heavy atom. The van der Waals surface area contributed by atoms with Crippen molar-refractivity contribution in [2.45, 2.75) is 20.0 Å². The number of hydrogen-bond acceptors (Lipinski definition) is 0. The van der Waals surface area contributed by atoms with E-state index in [9.17, 15) is 8.78 Å². The fourth-order valence-corrected chi connectivity index (χ4v) is 0.945. The van der Waals surface area contributed by atoms with Crippen LogP contribution in [-0.4, -0.2) is 6.17 Å². The molecule has 0 heterocycles. The molecule has 2 atom stereocenters. The van der Waals surface area contributed by atoms with E-state index in [1.807, 2.05) is 0 Å². The predicted octanol–water partition coefficient (Wildman–Crippen LogP) is 2.77. The summed E-state index contributed by atoms with van der Waals surface area (Å²) in [6.45, 7) is 3.23. The molecule has 56 valence electrons. The molecule has 0 radical (unpaired) electrons. The average Bonchev–Trinajstić information content (AvgIpc) is 1.82. The molecule has 0 amide bonds. The van der Waals surface area contributed by atoms with Gasteiger partial charge in [0, 0.05) is 5.92 Å². The highest BCUT2D eigenvalue weighted by Crippen LogP contribution is 2.26. The summed E-state index contributed by atoms with van der Waals surface area (Å²) in [6, 6.07) is 0. The fourth-order valence-electron chi connectivity index (χ4n) is 0.945. The molecule has 2 heteroatoms. The van der Waals surface area contributed by atoms with Crippen molar-refractivity contribution in [3.8, 4) is 0 Å². The Morgan fingerprint density at radius 1 is 1.50 bits per heavy atom. The van der Waals surface area contributed by atoms with Crippen LogP contribution < -0.4 is 0 Å². The number of allylic oxidation sites excluding steroid dienone is 4. The Kier molecular flexibility index (Phi) is 1.88. The fraction of sp³-hybridized carbons (Fsp3) is 0.500. The van der Waals surface area contributed by atoms with Gasteiger partial charge in [0.2, 0.25) is 0 Å². The van der Waals surface area contributed by atoms with Crippen LogP contribution in [0, 0.1) is 5.92 Å². The first-order valence-corrected chi connectivity index (χ1v) is 3.31. The maximum absolute atomic E-state index is 12.7. The lowest BCUT2D eigenvalue weighted by molar-refractivity contribution is 0.289. The summed E-state index contributed by atoms with van der Waals surface area (Å²) in [6.07, 6.45) is 1.67. The van der Waals surface area contributed by atoms with E-state index in [0.29, 0.717) is 5.57 Å². The summed E-state index contributed by atoms with van der Waals surface area (Å²) >= 11 is 0. The first-order chi connectivity index (χ1) is 4.61. The molecule has 10 heavy (non-hydrogen) atoms. The van der Waals surface area contributed by atoms with Crippen molar-refractivity contribution in [1.29, 1.82) is 0 Å². The van der Waals surface area contributed by atoms with Gasteiger partial charge < -0.3 is 0 Å². The third-order valence-corrected chi connectivity index (χ3v) is 1.70. The van der Waals surface area contributed by atoms with Crippen LogP contribution >= 0.6 is 0 Å². The lowest BCUT2D eigenvalue weighted by Crippen LogP contribution is -2.14. The minimum Gasteiger partial charge on any atom is -0.242 e. The second-order valence-corrected chi connectivity index (χ2v) is 2.67. The SMILES string of the molecule is CC1=CC(F)C(C)C(F)=C1. The van der Waals surface area contributed by atoms with Gasteiger partial charge in [-0.25, -0.2) is 8.78 Å². The minimum absolute atomic E-state index is 0.354. The second-order valence-electron chi connectivity index (χ2n) is 2.67. The highest BCUT2D eigenvalue weighted by atomic mass is 19.1. The van der Waals surface area contributed by atoms with Gasteiger partial charge in [0.05, 0.1) is 0 Å². The third kappa shape index (κ3) is 1.25. The minimum atomic E-state index is -1.15. The van der Waals surface area contributed by atoms with Crippen LogP contribution in [0.4, 0.5) is 8.78 Å². The summed E-state index contributed by atoms with van der Waals surface area (Å²) in [5.41, 5.74) is 0.670. The van der Waals surface area contributed by atoms with Gasteiger partial charge in [0.25, 0.3) is 0 Å². The molecule has 0 saturated heterocycles. The van der Waals surface area contributed by atoms with Crippen molar-refractivity contribution < 1.29 is 8.78 Å². The number of halogens is 2.